The molecule has 1 aromatic carbocycles. The second-order valence-corrected chi connectivity index (χ2v) is 3.60. The van der Waals surface area contributed by atoms with E-state index in [-0.39, 0.29) is 0 Å². The third kappa shape index (κ3) is 5.16. The third-order valence-corrected chi connectivity index (χ3v) is 2.11. The number of benzene rings is 1. The second-order valence-electron chi connectivity index (χ2n) is 3.16. The van der Waals surface area contributed by atoms with Gasteiger partial charge in [-0.15, -0.1) is 0 Å². The Kier molecular flexibility index (Phi) is 5.46. The van der Waals surface area contributed by atoms with Gasteiger partial charge in [0.1, 0.15) is 0 Å². The van der Waals surface area contributed by atoms with Crippen LogP contribution in [0.1, 0.15) is 31.7 Å². The molecule has 0 bridgehead atoms. The molecule has 0 aromatic heterocycles. The van der Waals surface area contributed by atoms with Crippen LogP contribution >= 0.6 is 11.6 Å². The molecule has 1 rings (SSSR count). The van der Waals surface area contributed by atoms with Crippen LogP contribution in [0.3, 0.4) is 0 Å². The highest BCUT2D eigenvalue weighted by atomic mass is 35.5. The summed E-state index contributed by atoms with van der Waals surface area (Å²) in [5.74, 6) is 11.6. The number of hydrogen-bond donors (Lipinski definition) is 0. The van der Waals surface area contributed by atoms with Gasteiger partial charge < -0.3 is 0 Å². The molecule has 0 heterocycles. The maximum absolute atomic E-state index is 5.75. The first-order valence-electron chi connectivity index (χ1n) is 5.07. The van der Waals surface area contributed by atoms with Crippen LogP contribution in [-0.2, 0) is 0 Å². The van der Waals surface area contributed by atoms with Crippen molar-refractivity contribution < 1.29 is 0 Å². The first-order valence-corrected chi connectivity index (χ1v) is 5.45. The summed E-state index contributed by atoms with van der Waals surface area (Å²) in [6, 6.07) is 7.44. The lowest BCUT2D eigenvalue weighted by atomic mass is 10.2. The van der Waals surface area contributed by atoms with Crippen LogP contribution in [0.2, 0.25) is 5.02 Å². The van der Waals surface area contributed by atoms with E-state index in [2.05, 4.69) is 30.6 Å². The van der Waals surface area contributed by atoms with Crippen molar-refractivity contribution in [3.63, 3.8) is 0 Å². The molecule has 0 aliphatic heterocycles. The molecule has 0 atom stereocenters. The quantitative estimate of drug-likeness (QED) is 0.520. The maximum atomic E-state index is 5.75. The summed E-state index contributed by atoms with van der Waals surface area (Å²) in [5, 5.41) is 0.731. The van der Waals surface area contributed by atoms with Gasteiger partial charge in [0, 0.05) is 17.0 Å². The Bertz CT molecular complexity index is 407. The van der Waals surface area contributed by atoms with E-state index in [0.29, 0.717) is 0 Å². The van der Waals surface area contributed by atoms with Gasteiger partial charge in [0.25, 0.3) is 0 Å². The van der Waals surface area contributed by atoms with Crippen molar-refractivity contribution in [2.75, 3.05) is 0 Å². The molecule has 0 aliphatic rings. The van der Waals surface area contributed by atoms with E-state index in [1.54, 1.807) is 0 Å². The molecule has 0 fully saturated rings. The van der Waals surface area contributed by atoms with Crippen molar-refractivity contribution in [3.8, 4) is 23.7 Å². The molecule has 15 heavy (non-hydrogen) atoms. The van der Waals surface area contributed by atoms with Crippen LogP contribution in [0, 0.1) is 23.7 Å². The first kappa shape index (κ1) is 11.7. The Morgan fingerprint density at radius 1 is 1.13 bits per heavy atom. The van der Waals surface area contributed by atoms with Gasteiger partial charge in [-0.1, -0.05) is 36.8 Å². The highest BCUT2D eigenvalue weighted by Gasteiger charge is 1.85. The molecular weight excluding hydrogens is 204 g/mol. The molecule has 0 amide bonds. The summed E-state index contributed by atoms with van der Waals surface area (Å²) in [7, 11) is 0. The Morgan fingerprint density at radius 2 is 1.87 bits per heavy atom. The van der Waals surface area contributed by atoms with Crippen molar-refractivity contribution in [1.82, 2.24) is 0 Å². The van der Waals surface area contributed by atoms with Gasteiger partial charge in [-0.3, -0.25) is 0 Å². The predicted octanol–water partition coefficient (Wildman–Crippen LogP) is 3.89. The normalized spacial score (nSPS) is 8.40. The molecule has 0 N–H and O–H groups in total. The molecule has 1 aromatic rings. The summed E-state index contributed by atoms with van der Waals surface area (Å²) < 4.78 is 0. The van der Waals surface area contributed by atoms with E-state index in [4.69, 9.17) is 11.6 Å². The average molecular weight is 217 g/mol. The zero-order valence-electron chi connectivity index (χ0n) is 8.81. The van der Waals surface area contributed by atoms with Gasteiger partial charge in [0.15, 0.2) is 0 Å². The van der Waals surface area contributed by atoms with E-state index in [1.807, 2.05) is 24.3 Å². The fraction of sp³-hybridized carbons (Fsp3) is 0.286. The van der Waals surface area contributed by atoms with Crippen molar-refractivity contribution in [2.24, 2.45) is 0 Å². The minimum atomic E-state index is 0.731. The van der Waals surface area contributed by atoms with Crippen LogP contribution < -0.4 is 0 Å². The standard InChI is InChI=1S/C14H13Cl/c1-2-3-4-5-6-7-8-13-9-11-14(15)12-10-13/h9-12H,2-4H2,1H3. The predicted molar refractivity (Wildman–Crippen MR) is 65.6 cm³/mol. The maximum Gasteiger partial charge on any atom is 0.0406 e. The monoisotopic (exact) mass is 216 g/mol. The lowest BCUT2D eigenvalue weighted by Gasteiger charge is -1.88. The highest BCUT2D eigenvalue weighted by molar-refractivity contribution is 6.30. The number of halogens is 1. The molecule has 0 aliphatic carbocycles. The molecule has 0 unspecified atom stereocenters. The summed E-state index contributed by atoms with van der Waals surface area (Å²) >= 11 is 5.75. The van der Waals surface area contributed by atoms with Gasteiger partial charge in [-0.25, -0.2) is 0 Å². The molecule has 0 radical (unpaired) electrons. The Hall–Kier alpha value is -1.37. The molecular formula is C14H13Cl. The summed E-state index contributed by atoms with van der Waals surface area (Å²) in [4.78, 5) is 0. The van der Waals surface area contributed by atoms with E-state index >= 15 is 0 Å². The lowest BCUT2D eigenvalue weighted by molar-refractivity contribution is 0.828. The summed E-state index contributed by atoms with van der Waals surface area (Å²) in [6.07, 6.45) is 3.26. The Morgan fingerprint density at radius 3 is 2.53 bits per heavy atom. The van der Waals surface area contributed by atoms with Crippen molar-refractivity contribution >= 4 is 11.6 Å². The van der Waals surface area contributed by atoms with Gasteiger partial charge >= 0.3 is 0 Å². The second kappa shape index (κ2) is 6.99. The topological polar surface area (TPSA) is 0 Å². The zero-order chi connectivity index (χ0) is 10.9. The highest BCUT2D eigenvalue weighted by Crippen LogP contribution is 2.08. The van der Waals surface area contributed by atoms with Crippen molar-refractivity contribution in [2.45, 2.75) is 26.2 Å². The molecule has 0 nitrogen and oxygen atoms in total. The molecule has 1 heteroatoms. The zero-order valence-corrected chi connectivity index (χ0v) is 9.56. The van der Waals surface area contributed by atoms with Gasteiger partial charge in [-0.05, 0) is 42.5 Å². The molecule has 0 spiro atoms. The van der Waals surface area contributed by atoms with Gasteiger partial charge in [0.05, 0.1) is 0 Å². The van der Waals surface area contributed by atoms with Crippen LogP contribution in [0.4, 0.5) is 0 Å². The first-order chi connectivity index (χ1) is 7.33. The lowest BCUT2D eigenvalue weighted by Crippen LogP contribution is -1.71. The fourth-order valence-corrected chi connectivity index (χ4v) is 1.13. The van der Waals surface area contributed by atoms with E-state index in [0.717, 1.165) is 23.4 Å². The van der Waals surface area contributed by atoms with Crippen molar-refractivity contribution in [1.29, 1.82) is 0 Å². The SMILES string of the molecule is CCCCC#CC#Cc1ccc(Cl)cc1. The molecule has 0 saturated heterocycles. The number of unbranched alkanes of at least 4 members (excludes halogenated alkanes) is 2. The number of rotatable bonds is 2. The Balaban J connectivity index is 2.50. The smallest absolute Gasteiger partial charge is 0.0406 e. The van der Waals surface area contributed by atoms with Crippen LogP contribution in [0.5, 0.6) is 0 Å². The molecule has 0 saturated carbocycles. The third-order valence-electron chi connectivity index (χ3n) is 1.86. The van der Waals surface area contributed by atoms with Crippen molar-refractivity contribution in [3.05, 3.63) is 34.9 Å². The van der Waals surface area contributed by atoms with E-state index in [1.165, 1.54) is 6.42 Å². The summed E-state index contributed by atoms with van der Waals surface area (Å²) in [5.41, 5.74) is 0.948. The van der Waals surface area contributed by atoms with Crippen LogP contribution in [0.25, 0.3) is 0 Å². The average Bonchev–Trinajstić information content (AvgIpc) is 2.26. The van der Waals surface area contributed by atoms with E-state index in [9.17, 15) is 0 Å². The molecule has 76 valence electrons. The number of hydrogen-bond acceptors (Lipinski definition) is 0. The van der Waals surface area contributed by atoms with E-state index < -0.39 is 0 Å². The van der Waals surface area contributed by atoms with Gasteiger partial charge in [-0.2, -0.15) is 0 Å². The minimum Gasteiger partial charge on any atom is -0.0891 e. The van der Waals surface area contributed by atoms with Gasteiger partial charge in [0.2, 0.25) is 0 Å². The minimum absolute atomic E-state index is 0.731. The largest absolute Gasteiger partial charge is 0.0891 e. The Labute approximate surface area is 96.7 Å². The van der Waals surface area contributed by atoms with Crippen LogP contribution in [-0.4, -0.2) is 0 Å². The summed E-state index contributed by atoms with van der Waals surface area (Å²) in [6.45, 7) is 2.15. The van der Waals surface area contributed by atoms with Crippen LogP contribution in [0.15, 0.2) is 24.3 Å². The fourth-order valence-electron chi connectivity index (χ4n) is 1.01.